The first-order valence-corrected chi connectivity index (χ1v) is 2.66. The third-order valence-electron chi connectivity index (χ3n) is 0.902. The Labute approximate surface area is 48.9 Å². The summed E-state index contributed by atoms with van der Waals surface area (Å²) in [6.07, 6.45) is 0.653. The van der Waals surface area contributed by atoms with Crippen molar-refractivity contribution in [2.45, 2.75) is 6.42 Å². The van der Waals surface area contributed by atoms with Gasteiger partial charge in [0.2, 0.25) is 0 Å². The van der Waals surface area contributed by atoms with Gasteiger partial charge >= 0.3 is 0 Å². The van der Waals surface area contributed by atoms with Gasteiger partial charge in [0.25, 0.3) is 0 Å². The number of rotatable bonds is 4. The highest BCUT2D eigenvalue weighted by Gasteiger charge is 1.92. The van der Waals surface area contributed by atoms with E-state index in [2.05, 4.69) is 0 Å². The van der Waals surface area contributed by atoms with Gasteiger partial charge in [-0.3, -0.25) is 4.90 Å². The second-order valence-electron chi connectivity index (χ2n) is 1.78. The van der Waals surface area contributed by atoms with Crippen LogP contribution in [-0.2, 0) is 0 Å². The fourth-order valence-corrected chi connectivity index (χ4v) is 0.400. The van der Waals surface area contributed by atoms with E-state index in [9.17, 15) is 4.39 Å². The zero-order chi connectivity index (χ0) is 6.41. The van der Waals surface area contributed by atoms with Gasteiger partial charge in [-0.1, -0.05) is 0 Å². The number of alkyl halides is 1. The number of hydrogen-bond donors (Lipinski definition) is 1. The molecule has 0 fully saturated rings. The second-order valence-corrected chi connectivity index (χ2v) is 1.78. The van der Waals surface area contributed by atoms with Crippen molar-refractivity contribution in [3.8, 4) is 0 Å². The van der Waals surface area contributed by atoms with E-state index in [0.717, 1.165) is 0 Å². The molecule has 50 valence electrons. The molecule has 0 radical (unpaired) electrons. The Kier molecular flexibility index (Phi) is 4.90. The van der Waals surface area contributed by atoms with Gasteiger partial charge in [-0.25, -0.2) is 4.39 Å². The van der Waals surface area contributed by atoms with Gasteiger partial charge in [0.1, 0.15) is 6.80 Å². The molecule has 0 amide bonds. The first-order chi connectivity index (χ1) is 3.81. The first kappa shape index (κ1) is 7.85. The van der Waals surface area contributed by atoms with Crippen molar-refractivity contribution in [2.75, 3.05) is 27.0 Å². The fourth-order valence-electron chi connectivity index (χ4n) is 0.400. The van der Waals surface area contributed by atoms with Crippen LogP contribution in [-0.4, -0.2) is 37.0 Å². The summed E-state index contributed by atoms with van der Waals surface area (Å²) in [7, 11) is 1.68. The molecule has 1 N–H and O–H groups in total. The molecule has 3 heteroatoms. The SMILES string of the molecule is CN(CF)CCCO. The molecule has 0 atom stereocenters. The van der Waals surface area contributed by atoms with E-state index in [1.165, 1.54) is 4.90 Å². The number of halogens is 1. The van der Waals surface area contributed by atoms with E-state index >= 15 is 0 Å². The quantitative estimate of drug-likeness (QED) is 0.538. The normalized spacial score (nSPS) is 10.5. The lowest BCUT2D eigenvalue weighted by Crippen LogP contribution is -2.18. The Morgan fingerprint density at radius 3 is 2.62 bits per heavy atom. The van der Waals surface area contributed by atoms with E-state index in [1.54, 1.807) is 7.05 Å². The molecule has 0 unspecified atom stereocenters. The maximum atomic E-state index is 11.6. The van der Waals surface area contributed by atoms with Crippen molar-refractivity contribution in [3.63, 3.8) is 0 Å². The molecular weight excluding hydrogens is 109 g/mol. The van der Waals surface area contributed by atoms with E-state index < -0.39 is 6.80 Å². The topological polar surface area (TPSA) is 23.5 Å². The molecule has 0 aromatic heterocycles. The van der Waals surface area contributed by atoms with Gasteiger partial charge in [0.15, 0.2) is 0 Å². The Morgan fingerprint density at radius 2 is 2.25 bits per heavy atom. The van der Waals surface area contributed by atoms with E-state index in [1.807, 2.05) is 0 Å². The monoisotopic (exact) mass is 121 g/mol. The van der Waals surface area contributed by atoms with Gasteiger partial charge in [-0.2, -0.15) is 0 Å². The Balaban J connectivity index is 2.86. The largest absolute Gasteiger partial charge is 0.396 e. The standard InChI is InChI=1S/C5H12FNO/c1-7(5-6)3-2-4-8/h8H,2-5H2,1H3. The zero-order valence-corrected chi connectivity index (χ0v) is 5.10. The molecule has 0 aromatic rings. The predicted molar refractivity (Wildman–Crippen MR) is 30.3 cm³/mol. The molecular formula is C5H12FNO. The van der Waals surface area contributed by atoms with Gasteiger partial charge in [0.05, 0.1) is 0 Å². The van der Waals surface area contributed by atoms with Gasteiger partial charge in [-0.15, -0.1) is 0 Å². The molecule has 2 nitrogen and oxygen atoms in total. The van der Waals surface area contributed by atoms with Crippen LogP contribution < -0.4 is 0 Å². The molecule has 0 heterocycles. The van der Waals surface area contributed by atoms with Crippen molar-refractivity contribution >= 4 is 0 Å². The number of nitrogens with zero attached hydrogens (tertiary/aromatic N) is 1. The molecule has 0 rings (SSSR count). The van der Waals surface area contributed by atoms with Crippen LogP contribution >= 0.6 is 0 Å². The zero-order valence-electron chi connectivity index (χ0n) is 5.10. The molecule has 0 spiro atoms. The summed E-state index contributed by atoms with van der Waals surface area (Å²) < 4.78 is 11.6. The first-order valence-electron chi connectivity index (χ1n) is 2.66. The maximum Gasteiger partial charge on any atom is 0.142 e. The third-order valence-corrected chi connectivity index (χ3v) is 0.902. The summed E-state index contributed by atoms with van der Waals surface area (Å²) in [5, 5.41) is 8.26. The summed E-state index contributed by atoms with van der Waals surface area (Å²) in [6, 6.07) is 0. The molecule has 0 aliphatic heterocycles. The highest BCUT2D eigenvalue weighted by Crippen LogP contribution is 1.84. The van der Waals surface area contributed by atoms with Crippen LogP contribution in [0.2, 0.25) is 0 Å². The maximum absolute atomic E-state index is 11.6. The molecule has 0 aliphatic carbocycles. The summed E-state index contributed by atoms with van der Waals surface area (Å²) in [4.78, 5) is 1.51. The van der Waals surface area contributed by atoms with Crippen LogP contribution in [0.4, 0.5) is 4.39 Å². The average molecular weight is 121 g/mol. The summed E-state index contributed by atoms with van der Waals surface area (Å²) in [6.45, 7) is 0.345. The molecule has 0 aromatic carbocycles. The number of hydrogen-bond acceptors (Lipinski definition) is 2. The second kappa shape index (κ2) is 5.00. The minimum atomic E-state index is -0.431. The van der Waals surface area contributed by atoms with Crippen molar-refractivity contribution < 1.29 is 9.50 Å². The highest BCUT2D eigenvalue weighted by atomic mass is 19.1. The summed E-state index contributed by atoms with van der Waals surface area (Å²) in [5.74, 6) is 0. The minimum absolute atomic E-state index is 0.143. The minimum Gasteiger partial charge on any atom is -0.396 e. The third kappa shape index (κ3) is 4.02. The van der Waals surface area contributed by atoms with Gasteiger partial charge in [-0.05, 0) is 13.5 Å². The van der Waals surface area contributed by atoms with Crippen LogP contribution in [0.15, 0.2) is 0 Å². The predicted octanol–water partition coefficient (Wildman–Crippen LogP) is 0.228. The molecule has 0 bridgehead atoms. The molecule has 0 aliphatic rings. The van der Waals surface area contributed by atoms with E-state index in [-0.39, 0.29) is 6.61 Å². The highest BCUT2D eigenvalue weighted by molar-refractivity contribution is 4.41. The van der Waals surface area contributed by atoms with Crippen LogP contribution in [0.1, 0.15) is 6.42 Å². The number of aliphatic hydroxyl groups is 1. The molecule has 0 saturated heterocycles. The average Bonchev–Trinajstić information content (AvgIpc) is 1.83. The smallest absolute Gasteiger partial charge is 0.142 e. The Morgan fingerprint density at radius 1 is 1.62 bits per heavy atom. The Hall–Kier alpha value is -0.150. The summed E-state index contributed by atoms with van der Waals surface area (Å²) >= 11 is 0. The molecule has 0 saturated carbocycles. The lowest BCUT2D eigenvalue weighted by atomic mass is 10.4. The van der Waals surface area contributed by atoms with Crippen LogP contribution in [0.3, 0.4) is 0 Å². The van der Waals surface area contributed by atoms with Crippen LogP contribution in [0.25, 0.3) is 0 Å². The van der Waals surface area contributed by atoms with E-state index in [0.29, 0.717) is 13.0 Å². The molecule has 8 heavy (non-hydrogen) atoms. The fraction of sp³-hybridized carbons (Fsp3) is 1.00. The van der Waals surface area contributed by atoms with Crippen LogP contribution in [0, 0.1) is 0 Å². The van der Waals surface area contributed by atoms with Crippen molar-refractivity contribution in [1.82, 2.24) is 4.90 Å². The van der Waals surface area contributed by atoms with Crippen molar-refractivity contribution in [1.29, 1.82) is 0 Å². The summed E-state index contributed by atoms with van der Waals surface area (Å²) in [5.41, 5.74) is 0. The van der Waals surface area contributed by atoms with Gasteiger partial charge < -0.3 is 5.11 Å². The lowest BCUT2D eigenvalue weighted by molar-refractivity contribution is 0.198. The lowest BCUT2D eigenvalue weighted by Gasteiger charge is -2.08. The van der Waals surface area contributed by atoms with E-state index in [4.69, 9.17) is 5.11 Å². The van der Waals surface area contributed by atoms with Gasteiger partial charge in [0, 0.05) is 13.2 Å². The Bertz CT molecular complexity index is 51.7. The van der Waals surface area contributed by atoms with Crippen molar-refractivity contribution in [3.05, 3.63) is 0 Å². The van der Waals surface area contributed by atoms with Crippen LogP contribution in [0.5, 0.6) is 0 Å². The van der Waals surface area contributed by atoms with Crippen molar-refractivity contribution in [2.24, 2.45) is 0 Å². The number of aliphatic hydroxyl groups excluding tert-OH is 1.